The molecular weight excluding hydrogens is 401 g/mol. The number of ketones is 1. The summed E-state index contributed by atoms with van der Waals surface area (Å²) in [6, 6.07) is 5.82. The van der Waals surface area contributed by atoms with E-state index in [2.05, 4.69) is 31.9 Å². The smallest absolute Gasteiger partial charge is 0.168 e. The van der Waals surface area contributed by atoms with Crippen molar-refractivity contribution in [2.45, 2.75) is 6.42 Å². The van der Waals surface area contributed by atoms with Crippen molar-refractivity contribution in [3.8, 4) is 0 Å². The third-order valence-corrected chi connectivity index (χ3v) is 3.98. The number of rotatable bonds is 3. The first-order valence-corrected chi connectivity index (χ1v) is 7.09. The molecule has 0 bridgehead atoms. The second-order valence-corrected chi connectivity index (χ2v) is 5.75. The zero-order chi connectivity index (χ0) is 14.9. The van der Waals surface area contributed by atoms with Crippen LogP contribution in [0.15, 0.2) is 39.3 Å². The molecule has 0 heterocycles. The molecule has 0 N–H and O–H groups in total. The molecule has 104 valence electrons. The van der Waals surface area contributed by atoms with Crippen molar-refractivity contribution in [3.63, 3.8) is 0 Å². The second kappa shape index (κ2) is 6.10. The van der Waals surface area contributed by atoms with Crippen LogP contribution in [0, 0.1) is 17.5 Å². The Bertz CT molecular complexity index is 686. The molecule has 0 aliphatic rings. The highest BCUT2D eigenvalue weighted by molar-refractivity contribution is 9.10. The molecule has 0 spiro atoms. The predicted molar refractivity (Wildman–Crippen MR) is 76.2 cm³/mol. The van der Waals surface area contributed by atoms with Gasteiger partial charge in [-0.05, 0) is 62.2 Å². The highest BCUT2D eigenvalue weighted by Gasteiger charge is 2.18. The van der Waals surface area contributed by atoms with Crippen molar-refractivity contribution in [3.05, 3.63) is 67.9 Å². The van der Waals surface area contributed by atoms with E-state index in [1.165, 1.54) is 12.1 Å². The summed E-state index contributed by atoms with van der Waals surface area (Å²) in [6.45, 7) is 0. The number of benzene rings is 2. The van der Waals surface area contributed by atoms with E-state index in [4.69, 9.17) is 0 Å². The van der Waals surface area contributed by atoms with E-state index in [9.17, 15) is 18.0 Å². The molecule has 0 amide bonds. The SMILES string of the molecule is O=C(Cc1c(F)ccc(Br)c1F)c1ccc(F)cc1Br. The molecule has 0 saturated heterocycles. The minimum atomic E-state index is -0.809. The molecule has 0 fully saturated rings. The van der Waals surface area contributed by atoms with Crippen molar-refractivity contribution < 1.29 is 18.0 Å². The molecular formula is C14H7Br2F3O. The summed E-state index contributed by atoms with van der Waals surface area (Å²) in [5.74, 6) is -2.62. The van der Waals surface area contributed by atoms with Crippen LogP contribution in [-0.2, 0) is 6.42 Å². The largest absolute Gasteiger partial charge is 0.294 e. The molecule has 1 nitrogen and oxygen atoms in total. The number of carbonyl (C=O) groups is 1. The van der Waals surface area contributed by atoms with Gasteiger partial charge >= 0.3 is 0 Å². The summed E-state index contributed by atoms with van der Waals surface area (Å²) in [5, 5.41) is 0. The van der Waals surface area contributed by atoms with Gasteiger partial charge < -0.3 is 0 Å². The molecule has 2 aromatic carbocycles. The van der Waals surface area contributed by atoms with Gasteiger partial charge in [-0.1, -0.05) is 0 Å². The number of hydrogen-bond donors (Lipinski definition) is 0. The van der Waals surface area contributed by atoms with E-state index >= 15 is 0 Å². The zero-order valence-electron chi connectivity index (χ0n) is 9.89. The van der Waals surface area contributed by atoms with Crippen molar-refractivity contribution in [2.24, 2.45) is 0 Å². The van der Waals surface area contributed by atoms with Gasteiger partial charge in [0, 0.05) is 22.0 Å². The van der Waals surface area contributed by atoms with Gasteiger partial charge in [0.05, 0.1) is 4.47 Å². The van der Waals surface area contributed by atoms with E-state index in [0.29, 0.717) is 0 Å². The second-order valence-electron chi connectivity index (χ2n) is 4.05. The van der Waals surface area contributed by atoms with Gasteiger partial charge in [0.15, 0.2) is 5.78 Å². The van der Waals surface area contributed by atoms with Crippen molar-refractivity contribution in [1.82, 2.24) is 0 Å². The van der Waals surface area contributed by atoms with E-state index in [1.54, 1.807) is 0 Å². The summed E-state index contributed by atoms with van der Waals surface area (Å²) in [5.41, 5.74) is -0.147. The van der Waals surface area contributed by atoms with Crippen LogP contribution in [0.3, 0.4) is 0 Å². The van der Waals surface area contributed by atoms with Gasteiger partial charge in [0.2, 0.25) is 0 Å². The molecule has 0 saturated carbocycles. The zero-order valence-corrected chi connectivity index (χ0v) is 13.1. The minimum absolute atomic E-state index is 0.0832. The highest BCUT2D eigenvalue weighted by atomic mass is 79.9. The predicted octanol–water partition coefficient (Wildman–Crippen LogP) is 5.05. The van der Waals surface area contributed by atoms with Crippen LogP contribution < -0.4 is 0 Å². The number of Topliss-reactive ketones (excluding diaryl/α,β-unsaturated/α-hetero) is 1. The minimum Gasteiger partial charge on any atom is -0.294 e. The van der Waals surface area contributed by atoms with Crippen molar-refractivity contribution in [1.29, 1.82) is 0 Å². The Kier molecular flexibility index (Phi) is 4.65. The van der Waals surface area contributed by atoms with Gasteiger partial charge in [-0.15, -0.1) is 0 Å². The summed E-state index contributed by atoms with van der Waals surface area (Å²) in [6.07, 6.45) is -0.443. The summed E-state index contributed by atoms with van der Waals surface area (Å²) >= 11 is 5.99. The first-order chi connectivity index (χ1) is 9.40. The third-order valence-electron chi connectivity index (χ3n) is 2.71. The van der Waals surface area contributed by atoms with Crippen LogP contribution in [-0.4, -0.2) is 5.78 Å². The van der Waals surface area contributed by atoms with Gasteiger partial charge in [-0.3, -0.25) is 4.79 Å². The molecule has 0 atom stereocenters. The quantitative estimate of drug-likeness (QED) is 0.513. The summed E-state index contributed by atoms with van der Waals surface area (Å²) < 4.78 is 40.7. The normalized spacial score (nSPS) is 10.7. The molecule has 6 heteroatoms. The number of carbonyl (C=O) groups excluding carboxylic acids is 1. The Hall–Kier alpha value is -1.14. The van der Waals surface area contributed by atoms with E-state index in [0.717, 1.165) is 18.2 Å². The number of halogens is 5. The first kappa shape index (κ1) is 15.3. The van der Waals surface area contributed by atoms with Crippen LogP contribution in [0.1, 0.15) is 15.9 Å². The molecule has 0 aliphatic carbocycles. The van der Waals surface area contributed by atoms with Crippen LogP contribution in [0.2, 0.25) is 0 Å². The Morgan fingerprint density at radius 1 is 1.00 bits per heavy atom. The Morgan fingerprint density at radius 2 is 1.70 bits per heavy atom. The maximum absolute atomic E-state index is 13.8. The fourth-order valence-electron chi connectivity index (χ4n) is 1.70. The van der Waals surface area contributed by atoms with E-state index in [1.807, 2.05) is 0 Å². The van der Waals surface area contributed by atoms with Crippen LogP contribution >= 0.6 is 31.9 Å². The third kappa shape index (κ3) is 3.12. The Labute approximate surface area is 130 Å². The molecule has 0 aromatic heterocycles. The van der Waals surface area contributed by atoms with Gasteiger partial charge in [-0.2, -0.15) is 0 Å². The number of hydrogen-bond acceptors (Lipinski definition) is 1. The van der Waals surface area contributed by atoms with Gasteiger partial charge in [0.25, 0.3) is 0 Å². The average Bonchev–Trinajstić information content (AvgIpc) is 2.39. The molecule has 0 unspecified atom stereocenters. The van der Waals surface area contributed by atoms with E-state index < -0.39 is 29.7 Å². The monoisotopic (exact) mass is 406 g/mol. The lowest BCUT2D eigenvalue weighted by atomic mass is 10.0. The van der Waals surface area contributed by atoms with E-state index in [-0.39, 0.29) is 20.1 Å². The fraction of sp³-hybridized carbons (Fsp3) is 0.0714. The van der Waals surface area contributed by atoms with Crippen LogP contribution in [0.5, 0.6) is 0 Å². The fourth-order valence-corrected chi connectivity index (χ4v) is 2.65. The van der Waals surface area contributed by atoms with Crippen LogP contribution in [0.25, 0.3) is 0 Å². The molecule has 2 aromatic rings. The summed E-state index contributed by atoms with van der Waals surface area (Å²) in [4.78, 5) is 12.1. The van der Waals surface area contributed by atoms with Crippen LogP contribution in [0.4, 0.5) is 13.2 Å². The van der Waals surface area contributed by atoms with Gasteiger partial charge in [0.1, 0.15) is 17.5 Å². The lowest BCUT2D eigenvalue weighted by molar-refractivity contribution is 0.0989. The van der Waals surface area contributed by atoms with Gasteiger partial charge in [-0.25, -0.2) is 13.2 Å². The highest BCUT2D eigenvalue weighted by Crippen LogP contribution is 2.25. The van der Waals surface area contributed by atoms with Crippen molar-refractivity contribution in [2.75, 3.05) is 0 Å². The topological polar surface area (TPSA) is 17.1 Å². The lowest BCUT2D eigenvalue weighted by Gasteiger charge is -2.07. The maximum atomic E-state index is 13.8. The Balaban J connectivity index is 2.35. The standard InChI is InChI=1S/C14H7Br2F3O/c15-10-3-4-12(18)9(14(10)19)6-13(20)8-2-1-7(17)5-11(8)16/h1-5H,6H2. The lowest BCUT2D eigenvalue weighted by Crippen LogP contribution is -2.08. The molecule has 20 heavy (non-hydrogen) atoms. The first-order valence-electron chi connectivity index (χ1n) is 5.50. The maximum Gasteiger partial charge on any atom is 0.168 e. The molecule has 2 rings (SSSR count). The molecule has 0 aliphatic heterocycles. The summed E-state index contributed by atoms with van der Waals surface area (Å²) in [7, 11) is 0. The van der Waals surface area contributed by atoms with Crippen molar-refractivity contribution >= 4 is 37.6 Å². The average molecular weight is 408 g/mol. The Morgan fingerprint density at radius 3 is 2.35 bits per heavy atom. The molecule has 0 radical (unpaired) electrons.